The lowest BCUT2D eigenvalue weighted by Crippen LogP contribution is -2.13. The molecule has 0 radical (unpaired) electrons. The molecular formula is C20H16F3N5O. The van der Waals surface area contributed by atoms with E-state index in [1.54, 1.807) is 36.7 Å². The van der Waals surface area contributed by atoms with Crippen molar-refractivity contribution >= 4 is 11.7 Å². The van der Waals surface area contributed by atoms with Gasteiger partial charge in [-0.3, -0.25) is 9.78 Å². The summed E-state index contributed by atoms with van der Waals surface area (Å²) in [4.78, 5) is 16.4. The highest BCUT2D eigenvalue weighted by atomic mass is 19.4. The minimum atomic E-state index is -4.29. The first-order chi connectivity index (χ1) is 13.8. The molecule has 1 aromatic carbocycles. The zero-order valence-electron chi connectivity index (χ0n) is 15.4. The third kappa shape index (κ3) is 5.90. The highest BCUT2D eigenvalue weighted by Gasteiger charge is 2.26. The highest BCUT2D eigenvalue weighted by molar-refractivity contribution is 6.04. The van der Waals surface area contributed by atoms with E-state index in [9.17, 15) is 18.0 Å². The molecule has 0 aliphatic rings. The van der Waals surface area contributed by atoms with Gasteiger partial charge in [-0.2, -0.15) is 13.2 Å². The van der Waals surface area contributed by atoms with Gasteiger partial charge in [0, 0.05) is 29.1 Å². The van der Waals surface area contributed by atoms with Crippen LogP contribution in [0.2, 0.25) is 0 Å². The molecule has 2 heterocycles. The van der Waals surface area contributed by atoms with Gasteiger partial charge in [-0.25, -0.2) is 4.68 Å². The Morgan fingerprint density at radius 1 is 1.24 bits per heavy atom. The lowest BCUT2D eigenvalue weighted by molar-refractivity contribution is -0.137. The Morgan fingerprint density at radius 2 is 2.07 bits per heavy atom. The molecule has 0 saturated carbocycles. The predicted molar refractivity (Wildman–Crippen MR) is 100 cm³/mol. The summed E-state index contributed by atoms with van der Waals surface area (Å²) in [5.74, 6) is 5.61. The Kier molecular flexibility index (Phi) is 5.93. The van der Waals surface area contributed by atoms with Crippen LogP contribution in [0.3, 0.4) is 0 Å². The average molecular weight is 399 g/mol. The molecule has 2 aromatic heterocycles. The first kappa shape index (κ1) is 20.1. The summed E-state index contributed by atoms with van der Waals surface area (Å²) in [5, 5.41) is 9.78. The maximum absolute atomic E-state index is 12.5. The van der Waals surface area contributed by atoms with Crippen LogP contribution < -0.4 is 5.32 Å². The fraction of sp³-hybridized carbons (Fsp3) is 0.200. The van der Waals surface area contributed by atoms with Crippen LogP contribution in [-0.2, 0) is 6.54 Å². The van der Waals surface area contributed by atoms with Gasteiger partial charge >= 0.3 is 6.18 Å². The largest absolute Gasteiger partial charge is 0.390 e. The van der Waals surface area contributed by atoms with Crippen LogP contribution in [0.1, 0.15) is 33.5 Å². The summed E-state index contributed by atoms with van der Waals surface area (Å²) in [6.07, 6.45) is -0.770. The van der Waals surface area contributed by atoms with Crippen molar-refractivity contribution in [3.8, 4) is 11.8 Å². The predicted octanol–water partition coefficient (Wildman–Crippen LogP) is 3.59. The molecule has 0 bridgehead atoms. The number of carbonyl (C=O) groups is 1. The summed E-state index contributed by atoms with van der Waals surface area (Å²) < 4.78 is 37.9. The molecule has 9 heteroatoms. The second-order valence-electron chi connectivity index (χ2n) is 6.21. The molecule has 3 aromatic rings. The van der Waals surface area contributed by atoms with E-state index in [4.69, 9.17) is 0 Å². The van der Waals surface area contributed by atoms with Crippen molar-refractivity contribution in [3.05, 3.63) is 71.2 Å². The summed E-state index contributed by atoms with van der Waals surface area (Å²) in [5.41, 5.74) is 2.67. The van der Waals surface area contributed by atoms with Crippen LogP contribution >= 0.6 is 0 Å². The Morgan fingerprint density at radius 3 is 2.79 bits per heavy atom. The second kappa shape index (κ2) is 8.56. The molecule has 1 N–H and O–H groups in total. The lowest BCUT2D eigenvalue weighted by Gasteiger charge is -2.05. The van der Waals surface area contributed by atoms with Crippen molar-refractivity contribution in [2.75, 3.05) is 5.32 Å². The molecule has 0 spiro atoms. The van der Waals surface area contributed by atoms with Gasteiger partial charge in [0.25, 0.3) is 5.91 Å². The van der Waals surface area contributed by atoms with Gasteiger partial charge in [-0.05, 0) is 36.8 Å². The van der Waals surface area contributed by atoms with Gasteiger partial charge in [0.15, 0.2) is 5.82 Å². The SMILES string of the molecule is Cc1ccc(C(=O)Nc2cn(CCC(F)(F)F)nn2)cc1C#Cc1cccnc1. The van der Waals surface area contributed by atoms with E-state index in [2.05, 4.69) is 32.5 Å². The van der Waals surface area contributed by atoms with Crippen molar-refractivity contribution in [3.63, 3.8) is 0 Å². The summed E-state index contributed by atoms with van der Waals surface area (Å²) in [6.45, 7) is 1.51. The molecule has 6 nitrogen and oxygen atoms in total. The average Bonchev–Trinajstić information content (AvgIpc) is 3.13. The Labute approximate surface area is 164 Å². The number of aromatic nitrogens is 4. The van der Waals surface area contributed by atoms with E-state index in [-0.39, 0.29) is 12.4 Å². The van der Waals surface area contributed by atoms with Crippen LogP contribution in [0.5, 0.6) is 0 Å². The summed E-state index contributed by atoms with van der Waals surface area (Å²) in [7, 11) is 0. The zero-order valence-corrected chi connectivity index (χ0v) is 15.4. The van der Waals surface area contributed by atoms with E-state index in [0.29, 0.717) is 11.1 Å². The fourth-order valence-electron chi connectivity index (χ4n) is 2.37. The molecule has 0 saturated heterocycles. The highest BCUT2D eigenvalue weighted by Crippen LogP contribution is 2.20. The number of amides is 1. The number of halogens is 3. The van der Waals surface area contributed by atoms with E-state index in [0.717, 1.165) is 15.8 Å². The smallest absolute Gasteiger partial charge is 0.304 e. The van der Waals surface area contributed by atoms with Crippen LogP contribution in [0.25, 0.3) is 0 Å². The molecule has 0 fully saturated rings. The lowest BCUT2D eigenvalue weighted by atomic mass is 10.0. The maximum atomic E-state index is 12.5. The van der Waals surface area contributed by atoms with E-state index >= 15 is 0 Å². The first-order valence-electron chi connectivity index (χ1n) is 8.61. The number of rotatable bonds is 4. The standard InChI is InChI=1S/C20H16F3N5O/c1-14-4-6-17(11-16(14)7-5-15-3-2-9-24-12-15)19(29)25-18-13-28(27-26-18)10-8-20(21,22)23/h2-4,6,9,11-13H,8,10H2,1H3,(H,25,29). The van der Waals surface area contributed by atoms with E-state index in [1.807, 2.05) is 13.0 Å². The van der Waals surface area contributed by atoms with Crippen LogP contribution in [-0.4, -0.2) is 32.1 Å². The van der Waals surface area contributed by atoms with Crippen LogP contribution in [0.4, 0.5) is 19.0 Å². The first-order valence-corrected chi connectivity index (χ1v) is 8.61. The molecule has 3 rings (SSSR count). The van der Waals surface area contributed by atoms with Crippen molar-refractivity contribution in [2.24, 2.45) is 0 Å². The summed E-state index contributed by atoms with van der Waals surface area (Å²) >= 11 is 0. The monoisotopic (exact) mass is 399 g/mol. The van der Waals surface area contributed by atoms with Crippen molar-refractivity contribution < 1.29 is 18.0 Å². The number of alkyl halides is 3. The second-order valence-corrected chi connectivity index (χ2v) is 6.21. The number of hydrogen-bond acceptors (Lipinski definition) is 4. The van der Waals surface area contributed by atoms with E-state index < -0.39 is 18.5 Å². The number of nitrogens with one attached hydrogen (secondary N) is 1. The molecule has 29 heavy (non-hydrogen) atoms. The van der Waals surface area contributed by atoms with Gasteiger partial charge in [0.1, 0.15) is 0 Å². The number of pyridine rings is 1. The van der Waals surface area contributed by atoms with Gasteiger partial charge in [-0.15, -0.1) is 5.10 Å². The number of carbonyl (C=O) groups excluding carboxylic acids is 1. The molecule has 0 unspecified atom stereocenters. The minimum absolute atomic E-state index is 0.0701. The molecule has 148 valence electrons. The molecular weight excluding hydrogens is 383 g/mol. The molecule has 1 amide bonds. The topological polar surface area (TPSA) is 72.7 Å². The number of aryl methyl sites for hydroxylation is 2. The fourth-order valence-corrected chi connectivity index (χ4v) is 2.37. The van der Waals surface area contributed by atoms with Gasteiger partial charge in [0.2, 0.25) is 0 Å². The number of anilines is 1. The number of benzene rings is 1. The minimum Gasteiger partial charge on any atom is -0.304 e. The Hall–Kier alpha value is -3.67. The number of nitrogens with zero attached hydrogens (tertiary/aromatic N) is 4. The third-order valence-electron chi connectivity index (χ3n) is 3.91. The van der Waals surface area contributed by atoms with Crippen molar-refractivity contribution in [1.82, 2.24) is 20.0 Å². The zero-order chi connectivity index (χ0) is 20.9. The Bertz CT molecular complexity index is 1060. The molecule has 0 aliphatic heterocycles. The maximum Gasteiger partial charge on any atom is 0.390 e. The molecule has 0 aliphatic carbocycles. The van der Waals surface area contributed by atoms with Crippen LogP contribution in [0, 0.1) is 18.8 Å². The van der Waals surface area contributed by atoms with Gasteiger partial charge in [-0.1, -0.05) is 23.1 Å². The number of hydrogen-bond donors (Lipinski definition) is 1. The molecule has 0 atom stereocenters. The third-order valence-corrected chi connectivity index (χ3v) is 3.91. The quantitative estimate of drug-likeness (QED) is 0.681. The summed E-state index contributed by atoms with van der Waals surface area (Å²) in [6, 6.07) is 8.65. The normalized spacial score (nSPS) is 10.9. The van der Waals surface area contributed by atoms with E-state index in [1.165, 1.54) is 6.20 Å². The Balaban J connectivity index is 1.70. The van der Waals surface area contributed by atoms with Crippen LogP contribution in [0.15, 0.2) is 48.9 Å². The van der Waals surface area contributed by atoms with Gasteiger partial charge < -0.3 is 5.32 Å². The van der Waals surface area contributed by atoms with Crippen molar-refractivity contribution in [2.45, 2.75) is 26.1 Å². The van der Waals surface area contributed by atoms with Gasteiger partial charge in [0.05, 0.1) is 19.2 Å². The van der Waals surface area contributed by atoms with Crippen molar-refractivity contribution in [1.29, 1.82) is 0 Å².